The van der Waals surface area contributed by atoms with Crippen LogP contribution < -0.4 is 10.6 Å². The van der Waals surface area contributed by atoms with Crippen LogP contribution in [0.1, 0.15) is 40.7 Å². The molecule has 2 aliphatic rings. The summed E-state index contributed by atoms with van der Waals surface area (Å²) < 4.78 is 0. The Morgan fingerprint density at radius 1 is 1.07 bits per heavy atom. The number of hydrogen-bond donors (Lipinski definition) is 2. The van der Waals surface area contributed by atoms with E-state index >= 15 is 0 Å². The molecule has 1 fully saturated rings. The smallest absolute Gasteiger partial charge is 0.253 e. The molecule has 4 rings (SSSR count). The maximum absolute atomic E-state index is 12.9. The van der Waals surface area contributed by atoms with Crippen molar-refractivity contribution in [3.05, 3.63) is 65.2 Å². The number of piperidine rings is 1. The van der Waals surface area contributed by atoms with E-state index in [0.29, 0.717) is 18.9 Å². The van der Waals surface area contributed by atoms with Gasteiger partial charge in [-0.15, -0.1) is 0 Å². The molecule has 0 spiro atoms. The summed E-state index contributed by atoms with van der Waals surface area (Å²) in [5, 5.41) is 6.47. The number of fused-ring (bicyclic) bond motifs is 1. The second kappa shape index (κ2) is 8.99. The van der Waals surface area contributed by atoms with E-state index in [1.165, 1.54) is 5.56 Å². The van der Waals surface area contributed by atoms with Gasteiger partial charge in [-0.2, -0.15) is 0 Å². The van der Waals surface area contributed by atoms with Crippen LogP contribution in [0.4, 0.5) is 5.69 Å². The van der Waals surface area contributed by atoms with Crippen molar-refractivity contribution in [1.82, 2.24) is 10.2 Å². The molecule has 28 heavy (non-hydrogen) atoms. The first kappa shape index (κ1) is 20.0. The number of nitrogens with zero attached hydrogens (tertiary/aromatic N) is 1. The molecule has 0 atom stereocenters. The molecule has 148 valence electrons. The molecule has 0 aliphatic carbocycles. The lowest BCUT2D eigenvalue weighted by atomic mass is 9.99. The molecule has 0 aromatic heterocycles. The minimum Gasteiger partial charge on any atom is -0.412 e. The average Bonchev–Trinajstić information content (AvgIpc) is 2.72. The van der Waals surface area contributed by atoms with Gasteiger partial charge >= 0.3 is 0 Å². The number of likely N-dealkylation sites (tertiary alicyclic amines) is 1. The first-order valence-corrected chi connectivity index (χ1v) is 9.68. The maximum Gasteiger partial charge on any atom is 0.253 e. The van der Waals surface area contributed by atoms with Crippen molar-refractivity contribution >= 4 is 17.5 Å². The van der Waals surface area contributed by atoms with E-state index in [9.17, 15) is 9.59 Å². The summed E-state index contributed by atoms with van der Waals surface area (Å²) in [6.07, 6.45) is 3.13. The highest BCUT2D eigenvalue weighted by molar-refractivity contribution is 5.98. The van der Waals surface area contributed by atoms with Crippen LogP contribution in [0, 0.1) is 0 Å². The van der Waals surface area contributed by atoms with Crippen molar-refractivity contribution in [2.75, 3.05) is 18.4 Å². The number of rotatable bonds is 4. The predicted molar refractivity (Wildman–Crippen MR) is 109 cm³/mol. The monoisotopic (exact) mass is 381 g/mol. The molecule has 2 aromatic carbocycles. The van der Waals surface area contributed by atoms with Crippen molar-refractivity contribution in [1.29, 1.82) is 0 Å². The number of carbonyl (C=O) groups excluding carboxylic acids is 2. The van der Waals surface area contributed by atoms with Gasteiger partial charge in [0.05, 0.1) is 0 Å². The molecular formula is C22H27N3O3. The maximum atomic E-state index is 12.9. The number of anilines is 1. The molecule has 6 nitrogen and oxygen atoms in total. The van der Waals surface area contributed by atoms with Crippen LogP contribution in [-0.4, -0.2) is 41.3 Å². The van der Waals surface area contributed by atoms with Gasteiger partial charge in [-0.1, -0.05) is 30.3 Å². The molecule has 4 N–H and O–H groups in total. The van der Waals surface area contributed by atoms with E-state index in [-0.39, 0.29) is 17.3 Å². The predicted octanol–water partition coefficient (Wildman–Crippen LogP) is 2.14. The van der Waals surface area contributed by atoms with Crippen LogP contribution in [-0.2, 0) is 17.8 Å². The van der Waals surface area contributed by atoms with E-state index in [1.54, 1.807) is 0 Å². The van der Waals surface area contributed by atoms with Crippen LogP contribution in [0.2, 0.25) is 0 Å². The number of nitrogens with one attached hydrogen (secondary N) is 2. The topological polar surface area (TPSA) is 92.9 Å². The van der Waals surface area contributed by atoms with Gasteiger partial charge in [-0.25, -0.2) is 0 Å². The summed E-state index contributed by atoms with van der Waals surface area (Å²) in [7, 11) is 0. The van der Waals surface area contributed by atoms with Gasteiger partial charge < -0.3 is 21.0 Å². The standard InChI is InChI=1S/C22H25N3O2.H2O/c26-21-9-7-17-14-18(6-8-20(17)24-21)22(27)25-12-10-19(11-13-25)23-15-16-4-2-1-3-5-16;/h1-6,8,14,19,23H,7,9-13,15H2,(H,24,26);1H2. The molecule has 2 aliphatic heterocycles. The third-order valence-electron chi connectivity index (χ3n) is 5.47. The van der Waals surface area contributed by atoms with Gasteiger partial charge in [0.1, 0.15) is 0 Å². The summed E-state index contributed by atoms with van der Waals surface area (Å²) in [5.41, 5.74) is 3.91. The van der Waals surface area contributed by atoms with Gasteiger partial charge in [0, 0.05) is 43.3 Å². The molecular weight excluding hydrogens is 354 g/mol. The number of amides is 2. The summed E-state index contributed by atoms with van der Waals surface area (Å²) in [6.45, 7) is 2.42. The van der Waals surface area contributed by atoms with E-state index in [0.717, 1.165) is 49.3 Å². The second-order valence-electron chi connectivity index (χ2n) is 7.35. The SMILES string of the molecule is O.O=C1CCc2cc(C(=O)N3CCC(NCc4ccccc4)CC3)ccc2N1. The minimum absolute atomic E-state index is 0. The largest absolute Gasteiger partial charge is 0.412 e. The summed E-state index contributed by atoms with van der Waals surface area (Å²) >= 11 is 0. The number of aryl methyl sites for hydroxylation is 1. The summed E-state index contributed by atoms with van der Waals surface area (Å²) in [4.78, 5) is 26.3. The third kappa shape index (κ3) is 4.58. The first-order chi connectivity index (χ1) is 13.2. The summed E-state index contributed by atoms with van der Waals surface area (Å²) in [6, 6.07) is 16.5. The third-order valence-corrected chi connectivity index (χ3v) is 5.47. The Labute approximate surface area is 165 Å². The van der Waals surface area contributed by atoms with E-state index in [4.69, 9.17) is 0 Å². The lowest BCUT2D eigenvalue weighted by molar-refractivity contribution is -0.116. The highest BCUT2D eigenvalue weighted by Gasteiger charge is 2.24. The zero-order valence-corrected chi connectivity index (χ0v) is 15.9. The van der Waals surface area contributed by atoms with Crippen molar-refractivity contribution in [3.63, 3.8) is 0 Å². The Kier molecular flexibility index (Phi) is 6.44. The van der Waals surface area contributed by atoms with Crippen LogP contribution in [0.3, 0.4) is 0 Å². The van der Waals surface area contributed by atoms with E-state index < -0.39 is 0 Å². The first-order valence-electron chi connectivity index (χ1n) is 9.68. The molecule has 2 amide bonds. The Bertz CT molecular complexity index is 830. The molecule has 0 saturated carbocycles. The molecule has 0 unspecified atom stereocenters. The Morgan fingerprint density at radius 3 is 2.57 bits per heavy atom. The zero-order valence-electron chi connectivity index (χ0n) is 15.9. The van der Waals surface area contributed by atoms with Gasteiger partial charge in [0.2, 0.25) is 5.91 Å². The normalized spacial score (nSPS) is 16.7. The van der Waals surface area contributed by atoms with Gasteiger partial charge in [0.25, 0.3) is 5.91 Å². The number of hydrogen-bond acceptors (Lipinski definition) is 3. The van der Waals surface area contributed by atoms with Gasteiger partial charge in [-0.3, -0.25) is 9.59 Å². The zero-order chi connectivity index (χ0) is 18.6. The molecule has 0 radical (unpaired) electrons. The Balaban J connectivity index is 0.00000225. The fraction of sp³-hybridized carbons (Fsp3) is 0.364. The number of benzene rings is 2. The van der Waals surface area contributed by atoms with Crippen molar-refractivity contribution in [2.24, 2.45) is 0 Å². The molecule has 1 saturated heterocycles. The minimum atomic E-state index is 0. The average molecular weight is 381 g/mol. The van der Waals surface area contributed by atoms with Crippen LogP contribution >= 0.6 is 0 Å². The van der Waals surface area contributed by atoms with Crippen molar-refractivity contribution in [3.8, 4) is 0 Å². The molecule has 0 bridgehead atoms. The second-order valence-corrected chi connectivity index (χ2v) is 7.35. The fourth-order valence-corrected chi connectivity index (χ4v) is 3.84. The van der Waals surface area contributed by atoms with Crippen LogP contribution in [0.25, 0.3) is 0 Å². The van der Waals surface area contributed by atoms with E-state index in [1.807, 2.05) is 29.2 Å². The van der Waals surface area contributed by atoms with Gasteiger partial charge in [-0.05, 0) is 48.6 Å². The highest BCUT2D eigenvalue weighted by Crippen LogP contribution is 2.25. The Morgan fingerprint density at radius 2 is 1.82 bits per heavy atom. The van der Waals surface area contributed by atoms with Crippen LogP contribution in [0.5, 0.6) is 0 Å². The lowest BCUT2D eigenvalue weighted by Gasteiger charge is -2.33. The van der Waals surface area contributed by atoms with Gasteiger partial charge in [0.15, 0.2) is 0 Å². The molecule has 6 heteroatoms. The van der Waals surface area contributed by atoms with Crippen molar-refractivity contribution < 1.29 is 15.1 Å². The molecule has 2 aromatic rings. The van der Waals surface area contributed by atoms with Crippen LogP contribution in [0.15, 0.2) is 48.5 Å². The molecule has 2 heterocycles. The fourth-order valence-electron chi connectivity index (χ4n) is 3.84. The van der Waals surface area contributed by atoms with E-state index in [2.05, 4.69) is 34.9 Å². The number of carbonyl (C=O) groups is 2. The summed E-state index contributed by atoms with van der Waals surface area (Å²) in [5.74, 6) is 0.142. The Hall–Kier alpha value is -2.70. The van der Waals surface area contributed by atoms with Crippen molar-refractivity contribution in [2.45, 2.75) is 38.3 Å². The highest BCUT2D eigenvalue weighted by atomic mass is 16.2. The lowest BCUT2D eigenvalue weighted by Crippen LogP contribution is -2.44. The quantitative estimate of drug-likeness (QED) is 0.850.